The molecule has 2 aromatic rings. The number of alkyl halides is 2. The molecule has 2 rings (SSSR count). The Hall–Kier alpha value is -2.43. The molecule has 5 heteroatoms. The van der Waals surface area contributed by atoms with E-state index in [1.54, 1.807) is 12.1 Å². The first-order chi connectivity index (χ1) is 10.1. The number of benzene rings is 2. The molecule has 0 heterocycles. The summed E-state index contributed by atoms with van der Waals surface area (Å²) in [5.74, 6) is -2.58. The molecule has 0 aliphatic rings. The molecule has 2 aromatic carbocycles. The molecule has 0 atom stereocenters. The molecule has 0 fully saturated rings. The summed E-state index contributed by atoms with van der Waals surface area (Å²) < 4.78 is 38.0. The van der Waals surface area contributed by atoms with Crippen molar-refractivity contribution < 1.29 is 23.0 Å². The van der Waals surface area contributed by atoms with Gasteiger partial charge < -0.3 is 9.47 Å². The second-order valence-corrected chi connectivity index (χ2v) is 4.38. The van der Waals surface area contributed by atoms with E-state index in [0.717, 1.165) is 0 Å². The maximum Gasteiger partial charge on any atom is 0.306 e. The van der Waals surface area contributed by atoms with Crippen LogP contribution in [0.15, 0.2) is 48.5 Å². The molecule has 0 aliphatic carbocycles. The molecule has 110 valence electrons. The minimum Gasteiger partial charge on any atom is -0.497 e. The fraction of sp³-hybridized carbons (Fsp3) is 0.188. The molecule has 0 spiro atoms. The summed E-state index contributed by atoms with van der Waals surface area (Å²) in [7, 11) is 1.45. The summed E-state index contributed by atoms with van der Waals surface area (Å²) in [6, 6.07) is 11.8. The molecule has 0 N–H and O–H groups in total. The zero-order valence-electron chi connectivity index (χ0n) is 11.4. The monoisotopic (exact) mass is 292 g/mol. The summed E-state index contributed by atoms with van der Waals surface area (Å²) in [5.41, 5.74) is 0.0318. The van der Waals surface area contributed by atoms with Crippen molar-refractivity contribution in [2.45, 2.75) is 5.92 Å². The van der Waals surface area contributed by atoms with E-state index in [9.17, 15) is 13.6 Å². The summed E-state index contributed by atoms with van der Waals surface area (Å²) in [6.45, 7) is -0.843. The van der Waals surface area contributed by atoms with E-state index < -0.39 is 12.5 Å². The van der Waals surface area contributed by atoms with Crippen LogP contribution in [0.25, 0.3) is 0 Å². The van der Waals surface area contributed by atoms with Gasteiger partial charge in [0.25, 0.3) is 0 Å². The van der Waals surface area contributed by atoms with Gasteiger partial charge in [0, 0.05) is 5.56 Å². The molecule has 0 aliphatic heterocycles. The van der Waals surface area contributed by atoms with Gasteiger partial charge in [-0.05, 0) is 18.2 Å². The number of halogens is 2. The van der Waals surface area contributed by atoms with Gasteiger partial charge in [-0.25, -0.2) is 0 Å². The zero-order valence-corrected chi connectivity index (χ0v) is 11.4. The Kier molecular flexibility index (Phi) is 4.52. The second-order valence-electron chi connectivity index (χ2n) is 4.38. The highest BCUT2D eigenvalue weighted by molar-refractivity contribution is 5.80. The largest absolute Gasteiger partial charge is 0.497 e. The van der Waals surface area contributed by atoms with Crippen LogP contribution >= 0.6 is 0 Å². The van der Waals surface area contributed by atoms with Crippen molar-refractivity contribution in [3.8, 4) is 11.5 Å². The summed E-state index contributed by atoms with van der Waals surface area (Å²) in [4.78, 5) is 11.0. The number of rotatable bonds is 6. The number of hydrogen-bond donors (Lipinski definition) is 0. The molecular weight excluding hydrogens is 278 g/mol. The van der Waals surface area contributed by atoms with Gasteiger partial charge in [0.1, 0.15) is 11.5 Å². The predicted molar refractivity (Wildman–Crippen MR) is 74.2 cm³/mol. The summed E-state index contributed by atoms with van der Waals surface area (Å²) in [5, 5.41) is 0. The maximum absolute atomic E-state index is 14.0. The first-order valence-corrected chi connectivity index (χ1v) is 6.26. The maximum atomic E-state index is 14.0. The van der Waals surface area contributed by atoms with Gasteiger partial charge in [-0.15, -0.1) is 0 Å². The van der Waals surface area contributed by atoms with Crippen molar-refractivity contribution in [3.63, 3.8) is 0 Å². The van der Waals surface area contributed by atoms with Crippen molar-refractivity contribution in [1.29, 1.82) is 0 Å². The van der Waals surface area contributed by atoms with Gasteiger partial charge in [-0.1, -0.05) is 30.3 Å². The minimum absolute atomic E-state index is 0.0985. The average Bonchev–Trinajstić information content (AvgIpc) is 2.53. The lowest BCUT2D eigenvalue weighted by Crippen LogP contribution is -2.23. The van der Waals surface area contributed by atoms with Gasteiger partial charge in [0.15, 0.2) is 12.9 Å². The van der Waals surface area contributed by atoms with Crippen LogP contribution < -0.4 is 9.47 Å². The number of methoxy groups -OCH3 is 1. The Bertz CT molecular complexity index is 612. The molecule has 0 radical (unpaired) electrons. The van der Waals surface area contributed by atoms with Gasteiger partial charge in [-0.3, -0.25) is 4.79 Å². The SMILES string of the molecule is COc1ccc(OCC(F)(F)c2ccccc2)c(C=O)c1. The fourth-order valence-corrected chi connectivity index (χ4v) is 1.81. The number of aldehydes is 1. The van der Waals surface area contributed by atoms with Crippen molar-refractivity contribution in [3.05, 3.63) is 59.7 Å². The smallest absolute Gasteiger partial charge is 0.306 e. The standard InChI is InChI=1S/C16H14F2O3/c1-20-14-7-8-15(12(9-14)10-19)21-11-16(17,18)13-5-3-2-4-6-13/h2-10H,11H2,1H3. The highest BCUT2D eigenvalue weighted by Gasteiger charge is 2.32. The minimum atomic E-state index is -3.14. The van der Waals surface area contributed by atoms with E-state index in [-0.39, 0.29) is 16.9 Å². The second kappa shape index (κ2) is 6.35. The number of carbonyl (C=O) groups excluding carboxylic acids is 1. The fourth-order valence-electron chi connectivity index (χ4n) is 1.81. The third-order valence-corrected chi connectivity index (χ3v) is 2.95. The van der Waals surface area contributed by atoms with E-state index in [1.165, 1.54) is 43.5 Å². The van der Waals surface area contributed by atoms with Gasteiger partial charge >= 0.3 is 5.92 Å². The van der Waals surface area contributed by atoms with Crippen molar-refractivity contribution >= 4 is 6.29 Å². The topological polar surface area (TPSA) is 35.5 Å². The Morgan fingerprint density at radius 3 is 2.48 bits per heavy atom. The average molecular weight is 292 g/mol. The van der Waals surface area contributed by atoms with Crippen LogP contribution in [0.4, 0.5) is 8.78 Å². The lowest BCUT2D eigenvalue weighted by molar-refractivity contribution is -0.0468. The van der Waals surface area contributed by atoms with E-state index in [2.05, 4.69) is 0 Å². The van der Waals surface area contributed by atoms with Crippen LogP contribution in [0.1, 0.15) is 15.9 Å². The van der Waals surface area contributed by atoms with E-state index in [4.69, 9.17) is 9.47 Å². The molecule has 0 unspecified atom stereocenters. The molecule has 0 bridgehead atoms. The van der Waals surface area contributed by atoms with Crippen LogP contribution in [0.5, 0.6) is 11.5 Å². The highest BCUT2D eigenvalue weighted by atomic mass is 19.3. The zero-order chi connectivity index (χ0) is 15.3. The third kappa shape index (κ3) is 3.56. The van der Waals surface area contributed by atoms with Gasteiger partial charge in [0.05, 0.1) is 12.7 Å². The van der Waals surface area contributed by atoms with Crippen LogP contribution in [-0.4, -0.2) is 20.0 Å². The molecule has 21 heavy (non-hydrogen) atoms. The Labute approximate surface area is 121 Å². The summed E-state index contributed by atoms with van der Waals surface area (Å²) in [6.07, 6.45) is 0.540. The Balaban J connectivity index is 2.14. The lowest BCUT2D eigenvalue weighted by atomic mass is 10.1. The number of hydrogen-bond acceptors (Lipinski definition) is 3. The normalized spacial score (nSPS) is 11.0. The molecule has 0 saturated carbocycles. The third-order valence-electron chi connectivity index (χ3n) is 2.95. The molecular formula is C16H14F2O3. The van der Waals surface area contributed by atoms with Crippen molar-refractivity contribution in [1.82, 2.24) is 0 Å². The van der Waals surface area contributed by atoms with Crippen molar-refractivity contribution in [2.24, 2.45) is 0 Å². The van der Waals surface area contributed by atoms with Gasteiger partial charge in [-0.2, -0.15) is 8.78 Å². The molecule has 0 saturated heterocycles. The predicted octanol–water partition coefficient (Wildman–Crippen LogP) is 3.68. The first-order valence-electron chi connectivity index (χ1n) is 6.26. The number of ether oxygens (including phenoxy) is 2. The summed E-state index contributed by atoms with van der Waals surface area (Å²) >= 11 is 0. The molecule has 3 nitrogen and oxygen atoms in total. The van der Waals surface area contributed by atoms with Crippen LogP contribution in [0.3, 0.4) is 0 Å². The molecule has 0 aromatic heterocycles. The van der Waals surface area contributed by atoms with Crippen molar-refractivity contribution in [2.75, 3.05) is 13.7 Å². The Morgan fingerprint density at radius 2 is 1.86 bits per heavy atom. The van der Waals surface area contributed by atoms with Gasteiger partial charge in [0.2, 0.25) is 0 Å². The quantitative estimate of drug-likeness (QED) is 0.762. The van der Waals surface area contributed by atoms with E-state index >= 15 is 0 Å². The van der Waals surface area contributed by atoms with Crippen LogP contribution in [0, 0.1) is 0 Å². The van der Waals surface area contributed by atoms with Crippen LogP contribution in [0.2, 0.25) is 0 Å². The van der Waals surface area contributed by atoms with E-state index in [1.807, 2.05) is 0 Å². The highest BCUT2D eigenvalue weighted by Crippen LogP contribution is 2.30. The lowest BCUT2D eigenvalue weighted by Gasteiger charge is -2.18. The van der Waals surface area contributed by atoms with Crippen LogP contribution in [-0.2, 0) is 5.92 Å². The first kappa shape index (κ1) is 15.0. The molecule has 0 amide bonds. The number of carbonyl (C=O) groups is 1. The Morgan fingerprint density at radius 1 is 1.14 bits per heavy atom. The van der Waals surface area contributed by atoms with E-state index in [0.29, 0.717) is 12.0 Å².